The van der Waals surface area contributed by atoms with Gasteiger partial charge in [0.2, 0.25) is 0 Å². The van der Waals surface area contributed by atoms with E-state index in [4.69, 9.17) is 4.74 Å². The molecule has 2 heterocycles. The minimum Gasteiger partial charge on any atom is -0.383 e. The van der Waals surface area contributed by atoms with Crippen LogP contribution in [0.3, 0.4) is 0 Å². The van der Waals surface area contributed by atoms with E-state index in [1.165, 1.54) is 36.3 Å². The van der Waals surface area contributed by atoms with Crippen LogP contribution in [0, 0.1) is 16.0 Å². The van der Waals surface area contributed by atoms with Crippen molar-refractivity contribution >= 4 is 23.1 Å². The molecule has 2 amide bonds. The van der Waals surface area contributed by atoms with Crippen LogP contribution in [0.1, 0.15) is 25.3 Å². The molecule has 0 atom stereocenters. The molecule has 0 aromatic heterocycles. The Morgan fingerprint density at radius 2 is 1.78 bits per heavy atom. The quantitative estimate of drug-likeness (QED) is 0.430. The summed E-state index contributed by atoms with van der Waals surface area (Å²) >= 11 is 0. The van der Waals surface area contributed by atoms with Crippen LogP contribution in [-0.2, 0) is 14.3 Å². The summed E-state index contributed by atoms with van der Waals surface area (Å²) in [5.41, 5.74) is 1.19. The number of ether oxygens (including phenoxy) is 1. The number of hydrogen-bond donors (Lipinski definition) is 0. The summed E-state index contributed by atoms with van der Waals surface area (Å²) in [4.78, 5) is 39.6. The number of benzene rings is 1. The molecule has 2 aliphatic rings. The van der Waals surface area contributed by atoms with Crippen molar-refractivity contribution < 1.29 is 19.2 Å². The third-order valence-electron chi connectivity index (χ3n) is 5.13. The molecular weight excluding hydrogens is 350 g/mol. The number of nitro benzene ring substituents is 1. The van der Waals surface area contributed by atoms with Gasteiger partial charge in [-0.15, -0.1) is 0 Å². The lowest BCUT2D eigenvalue weighted by Crippen LogP contribution is -2.39. The van der Waals surface area contributed by atoms with Crippen LogP contribution in [0.4, 0.5) is 5.69 Å². The number of piperidine rings is 1. The number of rotatable bonds is 6. The van der Waals surface area contributed by atoms with Gasteiger partial charge in [0.15, 0.2) is 0 Å². The lowest BCUT2D eigenvalue weighted by Gasteiger charge is -2.32. The van der Waals surface area contributed by atoms with Crippen molar-refractivity contribution in [1.82, 2.24) is 9.80 Å². The maximum absolute atomic E-state index is 13.0. The van der Waals surface area contributed by atoms with Crippen LogP contribution in [-0.4, -0.2) is 59.9 Å². The van der Waals surface area contributed by atoms with Gasteiger partial charge in [0.05, 0.1) is 23.6 Å². The molecular formula is C19H23N3O5. The van der Waals surface area contributed by atoms with Gasteiger partial charge >= 0.3 is 0 Å². The average molecular weight is 373 g/mol. The number of amides is 2. The molecule has 0 bridgehead atoms. The summed E-state index contributed by atoms with van der Waals surface area (Å²) < 4.78 is 5.03. The summed E-state index contributed by atoms with van der Waals surface area (Å²) in [5.74, 6) is -0.110. The van der Waals surface area contributed by atoms with Crippen molar-refractivity contribution in [2.75, 3.05) is 33.4 Å². The number of nitrogens with zero attached hydrogens (tertiary/aromatic N) is 3. The highest BCUT2D eigenvalue weighted by Crippen LogP contribution is 2.34. The lowest BCUT2D eigenvalue weighted by atomic mass is 9.97. The maximum Gasteiger partial charge on any atom is 0.277 e. The zero-order valence-corrected chi connectivity index (χ0v) is 15.5. The first-order valence-corrected chi connectivity index (χ1v) is 9.03. The average Bonchev–Trinajstić information content (AvgIpc) is 2.91. The van der Waals surface area contributed by atoms with Crippen molar-refractivity contribution in [2.45, 2.75) is 19.8 Å². The Kier molecular flexibility index (Phi) is 5.55. The number of non-ortho nitro benzene ring substituents is 1. The first kappa shape index (κ1) is 19.0. The molecule has 144 valence electrons. The maximum atomic E-state index is 13.0. The van der Waals surface area contributed by atoms with Gasteiger partial charge in [0, 0.05) is 32.3 Å². The fourth-order valence-electron chi connectivity index (χ4n) is 3.48. The number of likely N-dealkylation sites (tertiary alicyclic amines) is 1. The second kappa shape index (κ2) is 7.87. The van der Waals surface area contributed by atoms with Crippen molar-refractivity contribution in [1.29, 1.82) is 0 Å². The molecule has 0 N–H and O–H groups in total. The molecule has 2 aliphatic heterocycles. The normalized spacial score (nSPS) is 18.6. The van der Waals surface area contributed by atoms with Gasteiger partial charge < -0.3 is 9.64 Å². The van der Waals surface area contributed by atoms with E-state index in [1.807, 2.05) is 4.90 Å². The first-order chi connectivity index (χ1) is 12.9. The third-order valence-corrected chi connectivity index (χ3v) is 5.13. The van der Waals surface area contributed by atoms with E-state index in [9.17, 15) is 19.7 Å². The summed E-state index contributed by atoms with van der Waals surface area (Å²) in [6.45, 7) is 4.04. The van der Waals surface area contributed by atoms with Crippen LogP contribution in [0.2, 0.25) is 0 Å². The highest BCUT2D eigenvalue weighted by Gasteiger charge is 2.41. The molecule has 8 nitrogen and oxygen atoms in total. The first-order valence-electron chi connectivity index (χ1n) is 9.03. The minimum absolute atomic E-state index is 0.0549. The van der Waals surface area contributed by atoms with E-state index in [0.29, 0.717) is 35.8 Å². The fraction of sp³-hybridized carbons (Fsp3) is 0.474. The topological polar surface area (TPSA) is 93.0 Å². The second-order valence-corrected chi connectivity index (χ2v) is 6.95. The molecule has 0 radical (unpaired) electrons. The Morgan fingerprint density at radius 3 is 2.33 bits per heavy atom. The van der Waals surface area contributed by atoms with E-state index in [1.54, 1.807) is 0 Å². The highest BCUT2D eigenvalue weighted by molar-refractivity contribution is 6.35. The Bertz CT molecular complexity index is 779. The van der Waals surface area contributed by atoms with Crippen LogP contribution in [0.15, 0.2) is 30.0 Å². The van der Waals surface area contributed by atoms with Crippen LogP contribution >= 0.6 is 0 Å². The van der Waals surface area contributed by atoms with Crippen molar-refractivity contribution in [3.63, 3.8) is 0 Å². The molecule has 8 heteroatoms. The largest absolute Gasteiger partial charge is 0.383 e. The number of carbonyl (C=O) groups is 2. The Balaban J connectivity index is 2.00. The molecule has 0 spiro atoms. The Labute approximate surface area is 157 Å². The van der Waals surface area contributed by atoms with Crippen molar-refractivity contribution in [3.8, 4) is 0 Å². The van der Waals surface area contributed by atoms with E-state index in [0.717, 1.165) is 12.8 Å². The molecule has 3 rings (SSSR count). The summed E-state index contributed by atoms with van der Waals surface area (Å²) in [7, 11) is 1.52. The molecule has 1 saturated heterocycles. The predicted molar refractivity (Wildman–Crippen MR) is 98.6 cm³/mol. The molecule has 1 aromatic rings. The van der Waals surface area contributed by atoms with Crippen molar-refractivity contribution in [3.05, 3.63) is 45.6 Å². The summed E-state index contributed by atoms with van der Waals surface area (Å²) in [6, 6.07) is 5.78. The predicted octanol–water partition coefficient (Wildman–Crippen LogP) is 2.05. The van der Waals surface area contributed by atoms with Gasteiger partial charge in [-0.3, -0.25) is 24.6 Å². The molecule has 27 heavy (non-hydrogen) atoms. The van der Waals surface area contributed by atoms with Gasteiger partial charge in [0.1, 0.15) is 5.70 Å². The summed E-state index contributed by atoms with van der Waals surface area (Å²) in [6.07, 6.45) is 1.91. The lowest BCUT2D eigenvalue weighted by molar-refractivity contribution is -0.384. The number of imide groups is 1. The third kappa shape index (κ3) is 3.71. The van der Waals surface area contributed by atoms with E-state index in [-0.39, 0.29) is 30.7 Å². The van der Waals surface area contributed by atoms with Gasteiger partial charge in [-0.1, -0.05) is 6.92 Å². The van der Waals surface area contributed by atoms with E-state index >= 15 is 0 Å². The van der Waals surface area contributed by atoms with Gasteiger partial charge in [0.25, 0.3) is 17.5 Å². The Hall–Kier alpha value is -2.74. The number of methoxy groups -OCH3 is 1. The van der Waals surface area contributed by atoms with Gasteiger partial charge in [-0.05, 0) is 36.5 Å². The monoisotopic (exact) mass is 373 g/mol. The van der Waals surface area contributed by atoms with E-state index < -0.39 is 4.92 Å². The Morgan fingerprint density at radius 1 is 1.15 bits per heavy atom. The van der Waals surface area contributed by atoms with Crippen LogP contribution < -0.4 is 0 Å². The van der Waals surface area contributed by atoms with Crippen molar-refractivity contribution in [2.24, 2.45) is 5.92 Å². The fourth-order valence-corrected chi connectivity index (χ4v) is 3.48. The molecule has 1 fully saturated rings. The van der Waals surface area contributed by atoms with E-state index in [2.05, 4.69) is 6.92 Å². The number of carbonyl (C=O) groups excluding carboxylic acids is 2. The molecule has 0 unspecified atom stereocenters. The highest BCUT2D eigenvalue weighted by atomic mass is 16.6. The second-order valence-electron chi connectivity index (χ2n) is 6.95. The zero-order valence-electron chi connectivity index (χ0n) is 15.5. The van der Waals surface area contributed by atoms with Crippen LogP contribution in [0.5, 0.6) is 0 Å². The van der Waals surface area contributed by atoms with Crippen LogP contribution in [0.25, 0.3) is 5.57 Å². The smallest absolute Gasteiger partial charge is 0.277 e. The molecule has 1 aromatic carbocycles. The summed E-state index contributed by atoms with van der Waals surface area (Å²) in [5, 5.41) is 10.9. The SMILES string of the molecule is COCCN1C(=O)C(c2ccc([N+](=O)[O-])cc2)=C(N2CCC(C)CC2)C1=O. The number of hydrogen-bond acceptors (Lipinski definition) is 6. The zero-order chi connectivity index (χ0) is 19.6. The molecule has 0 aliphatic carbocycles. The van der Waals surface area contributed by atoms with Gasteiger partial charge in [-0.2, -0.15) is 0 Å². The number of nitro groups is 1. The standard InChI is InChI=1S/C19H23N3O5/c1-13-7-9-20(10-8-13)17-16(14-3-5-15(6-4-14)22(25)26)18(23)21(19(17)24)11-12-27-2/h3-6,13H,7-12H2,1-2H3. The van der Waals surface area contributed by atoms with Gasteiger partial charge in [-0.25, -0.2) is 0 Å². The minimum atomic E-state index is -0.488. The molecule has 0 saturated carbocycles.